The molecule has 7 heteroatoms. The molecule has 2 heterocycles. The lowest BCUT2D eigenvalue weighted by atomic mass is 10.1. The second kappa shape index (κ2) is 6.62. The standard InChI is InChI=1S/C16H14FN3O2S/c1-10(21)19-11-4-5-13(14(17)7-11)15-9-23-16(20-15)18-8-12-3-2-6-22-12/h2-7,9H,8H2,1H3,(H,18,20)(H,19,21). The number of halogens is 1. The van der Waals surface area contributed by atoms with Crippen LogP contribution in [0.4, 0.5) is 15.2 Å². The van der Waals surface area contributed by atoms with Crippen LogP contribution < -0.4 is 10.6 Å². The number of amides is 1. The van der Waals surface area contributed by atoms with Crippen LogP contribution in [0.5, 0.6) is 0 Å². The fourth-order valence-electron chi connectivity index (χ4n) is 2.06. The summed E-state index contributed by atoms with van der Waals surface area (Å²) in [5, 5.41) is 8.14. The summed E-state index contributed by atoms with van der Waals surface area (Å²) in [4.78, 5) is 15.4. The summed E-state index contributed by atoms with van der Waals surface area (Å²) in [6, 6.07) is 8.21. The van der Waals surface area contributed by atoms with E-state index < -0.39 is 5.82 Å². The number of carbonyl (C=O) groups excluding carboxylic acids is 1. The van der Waals surface area contributed by atoms with E-state index in [1.54, 1.807) is 23.8 Å². The molecule has 0 fully saturated rings. The summed E-state index contributed by atoms with van der Waals surface area (Å²) in [6.07, 6.45) is 1.61. The van der Waals surface area contributed by atoms with Crippen molar-refractivity contribution in [3.05, 3.63) is 53.6 Å². The van der Waals surface area contributed by atoms with Crippen molar-refractivity contribution in [3.63, 3.8) is 0 Å². The fourth-order valence-corrected chi connectivity index (χ4v) is 2.77. The third-order valence-corrected chi connectivity index (χ3v) is 3.86. The second-order valence-corrected chi connectivity index (χ2v) is 5.70. The fraction of sp³-hybridized carbons (Fsp3) is 0.125. The Morgan fingerprint density at radius 2 is 2.26 bits per heavy atom. The predicted molar refractivity (Wildman–Crippen MR) is 87.8 cm³/mol. The first-order chi connectivity index (χ1) is 11.1. The van der Waals surface area contributed by atoms with Crippen molar-refractivity contribution in [3.8, 4) is 11.3 Å². The molecule has 23 heavy (non-hydrogen) atoms. The highest BCUT2D eigenvalue weighted by molar-refractivity contribution is 7.14. The van der Waals surface area contributed by atoms with Gasteiger partial charge in [-0.3, -0.25) is 4.79 Å². The normalized spacial score (nSPS) is 10.5. The second-order valence-electron chi connectivity index (χ2n) is 4.85. The van der Waals surface area contributed by atoms with Gasteiger partial charge in [0.25, 0.3) is 0 Å². The smallest absolute Gasteiger partial charge is 0.221 e. The van der Waals surface area contributed by atoms with Crippen LogP contribution in [0, 0.1) is 5.82 Å². The molecule has 0 bridgehead atoms. The van der Waals surface area contributed by atoms with Gasteiger partial charge in [-0.15, -0.1) is 11.3 Å². The van der Waals surface area contributed by atoms with Crippen molar-refractivity contribution < 1.29 is 13.6 Å². The molecule has 0 aliphatic heterocycles. The van der Waals surface area contributed by atoms with Gasteiger partial charge in [0.15, 0.2) is 5.13 Å². The van der Waals surface area contributed by atoms with E-state index >= 15 is 0 Å². The van der Waals surface area contributed by atoms with E-state index in [2.05, 4.69) is 15.6 Å². The Kier molecular flexibility index (Phi) is 4.38. The number of furan rings is 1. The van der Waals surface area contributed by atoms with Gasteiger partial charge in [-0.05, 0) is 30.3 Å². The number of carbonyl (C=O) groups is 1. The number of thiazole rings is 1. The van der Waals surface area contributed by atoms with E-state index in [9.17, 15) is 9.18 Å². The number of nitrogens with one attached hydrogen (secondary N) is 2. The quantitative estimate of drug-likeness (QED) is 0.738. The number of rotatable bonds is 5. The molecule has 118 valence electrons. The molecule has 0 saturated heterocycles. The van der Waals surface area contributed by atoms with E-state index in [0.717, 1.165) is 5.76 Å². The molecule has 0 aliphatic rings. The van der Waals surface area contributed by atoms with Crippen LogP contribution in [0.2, 0.25) is 0 Å². The van der Waals surface area contributed by atoms with Gasteiger partial charge in [-0.1, -0.05) is 0 Å². The molecule has 1 amide bonds. The molecule has 5 nitrogen and oxygen atoms in total. The Labute approximate surface area is 136 Å². The minimum Gasteiger partial charge on any atom is -0.467 e. The Hall–Kier alpha value is -2.67. The number of anilines is 2. The SMILES string of the molecule is CC(=O)Nc1ccc(-c2csc(NCc3ccco3)n2)c(F)c1. The third-order valence-electron chi connectivity index (χ3n) is 3.06. The summed E-state index contributed by atoms with van der Waals surface area (Å²) in [5.41, 5.74) is 1.36. The first kappa shape index (κ1) is 15.2. The number of hydrogen-bond acceptors (Lipinski definition) is 5. The number of nitrogens with zero attached hydrogens (tertiary/aromatic N) is 1. The average molecular weight is 331 g/mol. The van der Waals surface area contributed by atoms with E-state index in [0.29, 0.717) is 28.6 Å². The largest absolute Gasteiger partial charge is 0.467 e. The van der Waals surface area contributed by atoms with Crippen molar-refractivity contribution in [2.75, 3.05) is 10.6 Å². The van der Waals surface area contributed by atoms with Crippen LogP contribution >= 0.6 is 11.3 Å². The molecule has 0 aliphatic carbocycles. The van der Waals surface area contributed by atoms with Crippen LogP contribution in [-0.2, 0) is 11.3 Å². The van der Waals surface area contributed by atoms with Crippen molar-refractivity contribution in [2.45, 2.75) is 13.5 Å². The van der Waals surface area contributed by atoms with Gasteiger partial charge in [0, 0.05) is 23.6 Å². The zero-order valence-electron chi connectivity index (χ0n) is 12.3. The highest BCUT2D eigenvalue weighted by Crippen LogP contribution is 2.28. The first-order valence-electron chi connectivity index (χ1n) is 6.91. The van der Waals surface area contributed by atoms with Crippen LogP contribution in [-0.4, -0.2) is 10.9 Å². The Morgan fingerprint density at radius 1 is 1.39 bits per heavy atom. The van der Waals surface area contributed by atoms with E-state index in [4.69, 9.17) is 4.42 Å². The highest BCUT2D eigenvalue weighted by atomic mass is 32.1. The van der Waals surface area contributed by atoms with Gasteiger partial charge in [-0.25, -0.2) is 9.37 Å². The maximum Gasteiger partial charge on any atom is 0.221 e. The molecule has 0 radical (unpaired) electrons. The first-order valence-corrected chi connectivity index (χ1v) is 7.79. The van der Waals surface area contributed by atoms with Gasteiger partial charge < -0.3 is 15.1 Å². The maximum absolute atomic E-state index is 14.2. The number of benzene rings is 1. The molecule has 3 aromatic rings. The number of aromatic nitrogens is 1. The van der Waals surface area contributed by atoms with Gasteiger partial charge in [0.1, 0.15) is 11.6 Å². The van der Waals surface area contributed by atoms with Crippen LogP contribution in [0.1, 0.15) is 12.7 Å². The average Bonchev–Trinajstić information content (AvgIpc) is 3.16. The van der Waals surface area contributed by atoms with Crippen molar-refractivity contribution >= 4 is 28.1 Å². The minimum atomic E-state index is -0.431. The molecule has 0 saturated carbocycles. The maximum atomic E-state index is 14.2. The third kappa shape index (κ3) is 3.75. The summed E-state index contributed by atoms with van der Waals surface area (Å²) in [7, 11) is 0. The van der Waals surface area contributed by atoms with Crippen LogP contribution in [0.3, 0.4) is 0 Å². The summed E-state index contributed by atoms with van der Waals surface area (Å²) in [6.45, 7) is 1.90. The van der Waals surface area contributed by atoms with Crippen molar-refractivity contribution in [2.24, 2.45) is 0 Å². The molecular weight excluding hydrogens is 317 g/mol. The van der Waals surface area contributed by atoms with E-state index in [1.165, 1.54) is 24.3 Å². The summed E-state index contributed by atoms with van der Waals surface area (Å²) in [5.74, 6) is 0.127. The van der Waals surface area contributed by atoms with Crippen molar-refractivity contribution in [1.82, 2.24) is 4.98 Å². The Balaban J connectivity index is 1.73. The van der Waals surface area contributed by atoms with E-state index in [1.807, 2.05) is 12.1 Å². The van der Waals surface area contributed by atoms with Crippen LogP contribution in [0.15, 0.2) is 46.4 Å². The lowest BCUT2D eigenvalue weighted by Crippen LogP contribution is -2.05. The highest BCUT2D eigenvalue weighted by Gasteiger charge is 2.11. The van der Waals surface area contributed by atoms with Gasteiger partial charge in [-0.2, -0.15) is 0 Å². The minimum absolute atomic E-state index is 0.241. The molecule has 2 aromatic heterocycles. The monoisotopic (exact) mass is 331 g/mol. The molecule has 0 atom stereocenters. The number of hydrogen-bond donors (Lipinski definition) is 2. The van der Waals surface area contributed by atoms with Crippen molar-refractivity contribution in [1.29, 1.82) is 0 Å². The topological polar surface area (TPSA) is 67.2 Å². The molecular formula is C16H14FN3O2S. The molecule has 1 aromatic carbocycles. The Morgan fingerprint density at radius 3 is 2.96 bits per heavy atom. The van der Waals surface area contributed by atoms with E-state index in [-0.39, 0.29) is 5.91 Å². The lowest BCUT2D eigenvalue weighted by Gasteiger charge is -2.05. The predicted octanol–water partition coefficient (Wildman–Crippen LogP) is 4.11. The molecule has 3 rings (SSSR count). The van der Waals surface area contributed by atoms with Gasteiger partial charge in [0.05, 0.1) is 18.5 Å². The summed E-state index contributed by atoms with van der Waals surface area (Å²) < 4.78 is 19.4. The zero-order valence-corrected chi connectivity index (χ0v) is 13.1. The van der Waals surface area contributed by atoms with Crippen LogP contribution in [0.25, 0.3) is 11.3 Å². The summed E-state index contributed by atoms with van der Waals surface area (Å²) >= 11 is 1.39. The molecule has 2 N–H and O–H groups in total. The molecule has 0 spiro atoms. The van der Waals surface area contributed by atoms with Gasteiger partial charge in [0.2, 0.25) is 5.91 Å². The zero-order chi connectivity index (χ0) is 16.2. The van der Waals surface area contributed by atoms with Gasteiger partial charge >= 0.3 is 0 Å². The Bertz CT molecular complexity index is 815. The lowest BCUT2D eigenvalue weighted by molar-refractivity contribution is -0.114. The molecule has 0 unspecified atom stereocenters.